The number of carbonyl (C=O) groups is 2. The third kappa shape index (κ3) is 1.38. The van der Waals surface area contributed by atoms with Gasteiger partial charge in [-0.2, -0.15) is 0 Å². The first kappa shape index (κ1) is 12.9. The molecule has 22 heavy (non-hydrogen) atoms. The van der Waals surface area contributed by atoms with Crippen LogP contribution in [0.5, 0.6) is 0 Å². The first-order valence-electron chi connectivity index (χ1n) is 7.91. The molecule has 0 N–H and O–H groups in total. The van der Waals surface area contributed by atoms with Crippen molar-refractivity contribution in [1.82, 2.24) is 0 Å². The molecule has 2 bridgehead atoms. The SMILES string of the molecule is Cc1c(Cl)cccc1N1C(=O)[C@@H]2[C@H]3C=C[C@@H]([C@@H]4C[C@H]34)[C@H]2C1=O. The summed E-state index contributed by atoms with van der Waals surface area (Å²) in [4.78, 5) is 27.4. The lowest BCUT2D eigenvalue weighted by Gasteiger charge is -2.37. The number of hydrogen-bond acceptors (Lipinski definition) is 2. The van der Waals surface area contributed by atoms with E-state index in [1.165, 1.54) is 11.3 Å². The number of imide groups is 1. The number of halogens is 1. The van der Waals surface area contributed by atoms with Crippen LogP contribution in [0.4, 0.5) is 5.69 Å². The molecule has 0 aromatic heterocycles. The molecule has 4 aliphatic carbocycles. The highest BCUT2D eigenvalue weighted by atomic mass is 35.5. The zero-order chi connectivity index (χ0) is 15.2. The number of benzene rings is 1. The van der Waals surface area contributed by atoms with Gasteiger partial charge in [0, 0.05) is 5.02 Å². The second-order valence-corrected chi connectivity index (χ2v) is 7.46. The molecule has 4 heteroatoms. The lowest BCUT2D eigenvalue weighted by Crippen LogP contribution is -2.40. The summed E-state index contributed by atoms with van der Waals surface area (Å²) in [7, 11) is 0. The summed E-state index contributed by atoms with van der Waals surface area (Å²) in [6, 6.07) is 5.42. The quantitative estimate of drug-likeness (QED) is 0.590. The predicted molar refractivity (Wildman–Crippen MR) is 83.4 cm³/mol. The molecule has 5 aliphatic rings. The van der Waals surface area contributed by atoms with E-state index in [2.05, 4.69) is 12.2 Å². The molecule has 6 atom stereocenters. The van der Waals surface area contributed by atoms with Crippen LogP contribution >= 0.6 is 11.6 Å². The maximum atomic E-state index is 13.0. The van der Waals surface area contributed by atoms with Crippen molar-refractivity contribution in [2.45, 2.75) is 13.3 Å². The van der Waals surface area contributed by atoms with Gasteiger partial charge in [-0.3, -0.25) is 9.59 Å². The lowest BCUT2D eigenvalue weighted by molar-refractivity contribution is -0.124. The molecule has 112 valence electrons. The zero-order valence-electron chi connectivity index (χ0n) is 12.2. The highest BCUT2D eigenvalue weighted by Crippen LogP contribution is 2.65. The summed E-state index contributed by atoms with van der Waals surface area (Å²) in [5.41, 5.74) is 1.46. The molecule has 0 spiro atoms. The van der Waals surface area contributed by atoms with Crippen molar-refractivity contribution in [1.29, 1.82) is 0 Å². The van der Waals surface area contributed by atoms with E-state index in [-0.39, 0.29) is 35.5 Å². The van der Waals surface area contributed by atoms with Crippen LogP contribution in [-0.4, -0.2) is 11.8 Å². The van der Waals surface area contributed by atoms with E-state index in [1.54, 1.807) is 12.1 Å². The Hall–Kier alpha value is -1.61. The summed E-state index contributed by atoms with van der Waals surface area (Å²) >= 11 is 6.18. The largest absolute Gasteiger partial charge is 0.274 e. The summed E-state index contributed by atoms with van der Waals surface area (Å²) in [5.74, 6) is 1.45. The van der Waals surface area contributed by atoms with Crippen molar-refractivity contribution >= 4 is 29.1 Å². The van der Waals surface area contributed by atoms with Crippen molar-refractivity contribution in [2.75, 3.05) is 4.90 Å². The van der Waals surface area contributed by atoms with Crippen LogP contribution in [0.2, 0.25) is 5.02 Å². The van der Waals surface area contributed by atoms with Gasteiger partial charge in [0.15, 0.2) is 0 Å². The minimum Gasteiger partial charge on any atom is -0.274 e. The number of hydrogen-bond donors (Lipinski definition) is 0. The third-order valence-electron chi connectivity index (χ3n) is 6.14. The lowest BCUT2D eigenvalue weighted by atomic mass is 9.63. The molecule has 2 amide bonds. The van der Waals surface area contributed by atoms with E-state index < -0.39 is 0 Å². The van der Waals surface area contributed by atoms with E-state index in [4.69, 9.17) is 11.6 Å². The molecular weight excluding hydrogens is 298 g/mol. The Balaban J connectivity index is 1.62. The van der Waals surface area contributed by atoms with Gasteiger partial charge in [0.2, 0.25) is 11.8 Å². The molecule has 1 aromatic carbocycles. The van der Waals surface area contributed by atoms with E-state index in [0.717, 1.165) is 5.56 Å². The Bertz CT molecular complexity index is 719. The molecular formula is C18H16ClNO2. The number of carbonyl (C=O) groups excluding carboxylic acids is 2. The molecule has 3 fully saturated rings. The third-order valence-corrected chi connectivity index (χ3v) is 6.55. The Morgan fingerprint density at radius 1 is 1.05 bits per heavy atom. The summed E-state index contributed by atoms with van der Waals surface area (Å²) in [5, 5.41) is 0.594. The first-order valence-corrected chi connectivity index (χ1v) is 8.28. The van der Waals surface area contributed by atoms with Gasteiger partial charge < -0.3 is 0 Å². The van der Waals surface area contributed by atoms with E-state index in [0.29, 0.717) is 22.5 Å². The van der Waals surface area contributed by atoms with Crippen LogP contribution in [-0.2, 0) is 9.59 Å². The maximum Gasteiger partial charge on any atom is 0.238 e. The van der Waals surface area contributed by atoms with Crippen molar-refractivity contribution in [3.8, 4) is 0 Å². The van der Waals surface area contributed by atoms with Crippen LogP contribution in [0.25, 0.3) is 0 Å². The normalized spacial score (nSPS) is 40.9. The van der Waals surface area contributed by atoms with Gasteiger partial charge in [-0.05, 0) is 54.7 Å². The van der Waals surface area contributed by atoms with Gasteiger partial charge >= 0.3 is 0 Å². The van der Waals surface area contributed by atoms with E-state index in [9.17, 15) is 9.59 Å². The highest BCUT2D eigenvalue weighted by Gasteiger charge is 2.67. The van der Waals surface area contributed by atoms with Crippen LogP contribution in [0.1, 0.15) is 12.0 Å². The minimum absolute atomic E-state index is 0.0231. The number of amides is 2. The van der Waals surface area contributed by atoms with E-state index >= 15 is 0 Å². The molecule has 1 heterocycles. The summed E-state index contributed by atoms with van der Waals surface area (Å²) < 4.78 is 0. The molecule has 0 radical (unpaired) electrons. The monoisotopic (exact) mass is 313 g/mol. The molecule has 1 saturated heterocycles. The highest BCUT2D eigenvalue weighted by molar-refractivity contribution is 6.32. The fourth-order valence-corrected chi connectivity index (χ4v) is 5.20. The van der Waals surface area contributed by atoms with Crippen molar-refractivity contribution in [3.05, 3.63) is 40.9 Å². The molecule has 3 nitrogen and oxygen atoms in total. The number of nitrogens with zero attached hydrogens (tertiary/aromatic N) is 1. The topological polar surface area (TPSA) is 37.4 Å². The van der Waals surface area contributed by atoms with Gasteiger partial charge in [0.1, 0.15) is 0 Å². The number of rotatable bonds is 1. The minimum atomic E-state index is -0.148. The van der Waals surface area contributed by atoms with E-state index in [1.807, 2.05) is 13.0 Å². The predicted octanol–water partition coefficient (Wildman–Crippen LogP) is 3.21. The fourth-order valence-electron chi connectivity index (χ4n) is 5.03. The summed E-state index contributed by atoms with van der Waals surface area (Å²) in [6.07, 6.45) is 5.57. The average molecular weight is 314 g/mol. The van der Waals surface area contributed by atoms with Gasteiger partial charge in [0.25, 0.3) is 0 Å². The van der Waals surface area contributed by atoms with Crippen molar-refractivity contribution < 1.29 is 9.59 Å². The molecule has 2 saturated carbocycles. The van der Waals surface area contributed by atoms with Gasteiger partial charge in [-0.25, -0.2) is 4.90 Å². The fraction of sp³-hybridized carbons (Fsp3) is 0.444. The number of anilines is 1. The Morgan fingerprint density at radius 3 is 2.23 bits per heavy atom. The Labute approximate surface area is 133 Å². The van der Waals surface area contributed by atoms with Crippen LogP contribution < -0.4 is 4.90 Å². The van der Waals surface area contributed by atoms with Crippen LogP contribution in [0, 0.1) is 42.4 Å². The van der Waals surface area contributed by atoms with Gasteiger partial charge in [-0.1, -0.05) is 29.8 Å². The Morgan fingerprint density at radius 2 is 1.64 bits per heavy atom. The Kier molecular flexibility index (Phi) is 2.35. The molecule has 1 aromatic rings. The number of allylic oxidation sites excluding steroid dienone is 2. The van der Waals surface area contributed by atoms with Crippen molar-refractivity contribution in [2.24, 2.45) is 35.5 Å². The zero-order valence-corrected chi connectivity index (χ0v) is 13.0. The first-order chi connectivity index (χ1) is 10.6. The van der Waals surface area contributed by atoms with Crippen LogP contribution in [0.3, 0.4) is 0 Å². The summed E-state index contributed by atoms with van der Waals surface area (Å²) in [6.45, 7) is 1.87. The van der Waals surface area contributed by atoms with Crippen molar-refractivity contribution in [3.63, 3.8) is 0 Å². The second-order valence-electron chi connectivity index (χ2n) is 7.05. The standard InChI is InChI=1S/C18H16ClNO2/c1-8-13(19)3-2-4-14(8)20-17(21)15-9-5-6-10(12-7-11(9)12)16(15)18(20)22/h2-6,9-12,15-16H,7H2,1H3/t9-,10-,11-,12+,15+,16+/m0/s1. The smallest absolute Gasteiger partial charge is 0.238 e. The van der Waals surface area contributed by atoms with Gasteiger partial charge in [-0.15, -0.1) is 0 Å². The molecule has 1 aliphatic heterocycles. The maximum absolute atomic E-state index is 13.0. The van der Waals surface area contributed by atoms with Gasteiger partial charge in [0.05, 0.1) is 17.5 Å². The molecule has 0 unspecified atom stereocenters. The average Bonchev–Trinajstić information content (AvgIpc) is 3.28. The van der Waals surface area contributed by atoms with Crippen LogP contribution in [0.15, 0.2) is 30.4 Å². The second kappa shape index (κ2) is 4.02. The molecule has 6 rings (SSSR count).